The highest BCUT2D eigenvalue weighted by atomic mass is 19.4. The fourth-order valence-corrected chi connectivity index (χ4v) is 2.55. The molecule has 0 saturated carbocycles. The van der Waals surface area contributed by atoms with Gasteiger partial charge in [-0.2, -0.15) is 18.3 Å². The third-order valence-corrected chi connectivity index (χ3v) is 3.91. The van der Waals surface area contributed by atoms with Crippen LogP contribution in [-0.2, 0) is 6.18 Å². The van der Waals surface area contributed by atoms with Crippen LogP contribution in [-0.4, -0.2) is 47.3 Å². The van der Waals surface area contributed by atoms with Gasteiger partial charge in [0, 0.05) is 38.1 Å². The van der Waals surface area contributed by atoms with Crippen LogP contribution in [0.4, 0.5) is 29.5 Å². The minimum absolute atomic E-state index is 0.328. The Kier molecular flexibility index (Phi) is 4.73. The van der Waals surface area contributed by atoms with Gasteiger partial charge < -0.3 is 15.1 Å². The number of nitrogens with one attached hydrogen (secondary N) is 1. The minimum atomic E-state index is -4.39. The Labute approximate surface area is 142 Å². The molecule has 9 heteroatoms. The summed E-state index contributed by atoms with van der Waals surface area (Å²) in [6.07, 6.45) is -2.80. The number of carbonyl (C=O) groups is 1. The molecule has 1 saturated heterocycles. The van der Waals surface area contributed by atoms with Crippen LogP contribution < -0.4 is 10.2 Å². The van der Waals surface area contributed by atoms with Crippen molar-refractivity contribution in [3.63, 3.8) is 0 Å². The minimum Gasteiger partial charge on any atom is -0.352 e. The number of alkyl halides is 3. The standard InChI is InChI=1S/C16H16F3N5O/c17-16(18,19)12-3-5-13(6-4-12)21-15(25)24-10-8-23(9-11-24)14-2-1-7-20-22-14/h1-7H,8-11H2,(H,21,25). The number of anilines is 2. The molecule has 0 atom stereocenters. The van der Waals surface area contributed by atoms with E-state index in [4.69, 9.17) is 0 Å². The summed E-state index contributed by atoms with van der Waals surface area (Å²) >= 11 is 0. The number of amides is 2. The van der Waals surface area contributed by atoms with Gasteiger partial charge in [-0.1, -0.05) is 0 Å². The first-order chi connectivity index (χ1) is 11.9. The van der Waals surface area contributed by atoms with Crippen molar-refractivity contribution in [1.29, 1.82) is 0 Å². The maximum atomic E-state index is 12.5. The normalized spacial score (nSPS) is 15.2. The van der Waals surface area contributed by atoms with Gasteiger partial charge in [0.2, 0.25) is 0 Å². The Balaban J connectivity index is 1.54. The summed E-state index contributed by atoms with van der Waals surface area (Å²) < 4.78 is 37.6. The largest absolute Gasteiger partial charge is 0.416 e. The molecule has 1 aromatic heterocycles. The van der Waals surface area contributed by atoms with Crippen LogP contribution >= 0.6 is 0 Å². The molecule has 1 aromatic carbocycles. The molecule has 25 heavy (non-hydrogen) atoms. The maximum Gasteiger partial charge on any atom is 0.416 e. The molecular weight excluding hydrogens is 335 g/mol. The summed E-state index contributed by atoms with van der Waals surface area (Å²) in [4.78, 5) is 15.9. The van der Waals surface area contributed by atoms with E-state index in [0.717, 1.165) is 18.0 Å². The number of hydrogen-bond donors (Lipinski definition) is 1. The molecule has 1 aliphatic rings. The van der Waals surface area contributed by atoms with Gasteiger partial charge in [0.25, 0.3) is 0 Å². The predicted octanol–water partition coefficient (Wildman–Crippen LogP) is 2.85. The number of nitrogens with zero attached hydrogens (tertiary/aromatic N) is 4. The van der Waals surface area contributed by atoms with Gasteiger partial charge in [0.05, 0.1) is 5.56 Å². The Morgan fingerprint density at radius 2 is 1.72 bits per heavy atom. The van der Waals surface area contributed by atoms with Crippen molar-refractivity contribution in [2.24, 2.45) is 0 Å². The number of aromatic nitrogens is 2. The van der Waals surface area contributed by atoms with Gasteiger partial charge in [0.1, 0.15) is 0 Å². The quantitative estimate of drug-likeness (QED) is 0.904. The molecule has 2 heterocycles. The van der Waals surface area contributed by atoms with E-state index in [9.17, 15) is 18.0 Å². The molecule has 2 aromatic rings. The molecule has 132 valence electrons. The molecule has 1 N–H and O–H groups in total. The van der Waals surface area contributed by atoms with Crippen LogP contribution in [0, 0.1) is 0 Å². The molecule has 3 rings (SSSR count). The number of urea groups is 1. The number of hydrogen-bond acceptors (Lipinski definition) is 4. The summed E-state index contributed by atoms with van der Waals surface area (Å²) in [5.74, 6) is 0.755. The number of piperazine rings is 1. The summed E-state index contributed by atoms with van der Waals surface area (Å²) in [6, 6.07) is 7.70. The zero-order valence-corrected chi connectivity index (χ0v) is 13.2. The van der Waals surface area contributed by atoms with Gasteiger partial charge >= 0.3 is 12.2 Å². The summed E-state index contributed by atoms with van der Waals surface area (Å²) in [5.41, 5.74) is -0.419. The second-order valence-corrected chi connectivity index (χ2v) is 5.56. The van der Waals surface area contributed by atoms with Crippen LogP contribution in [0.2, 0.25) is 0 Å². The molecule has 0 bridgehead atoms. The maximum absolute atomic E-state index is 12.5. The van der Waals surface area contributed by atoms with Gasteiger partial charge in [-0.25, -0.2) is 4.79 Å². The van der Waals surface area contributed by atoms with Crippen molar-refractivity contribution < 1.29 is 18.0 Å². The lowest BCUT2D eigenvalue weighted by Gasteiger charge is -2.35. The van der Waals surface area contributed by atoms with Crippen LogP contribution in [0.1, 0.15) is 5.56 Å². The average molecular weight is 351 g/mol. The lowest BCUT2D eigenvalue weighted by molar-refractivity contribution is -0.137. The molecule has 1 aliphatic heterocycles. The number of benzene rings is 1. The Morgan fingerprint density at radius 3 is 2.28 bits per heavy atom. The zero-order chi connectivity index (χ0) is 17.9. The van der Waals surface area contributed by atoms with Crippen LogP contribution in [0.25, 0.3) is 0 Å². The second-order valence-electron chi connectivity index (χ2n) is 5.56. The first-order valence-electron chi connectivity index (χ1n) is 7.69. The first-order valence-corrected chi connectivity index (χ1v) is 7.69. The smallest absolute Gasteiger partial charge is 0.352 e. The number of carbonyl (C=O) groups excluding carboxylic acids is 1. The molecule has 2 amide bonds. The highest BCUT2D eigenvalue weighted by molar-refractivity contribution is 5.89. The molecule has 0 spiro atoms. The van der Waals surface area contributed by atoms with E-state index >= 15 is 0 Å². The van der Waals surface area contributed by atoms with Crippen molar-refractivity contribution >= 4 is 17.5 Å². The van der Waals surface area contributed by atoms with Crippen molar-refractivity contribution in [2.75, 3.05) is 36.4 Å². The van der Waals surface area contributed by atoms with Crippen molar-refractivity contribution in [3.05, 3.63) is 48.2 Å². The molecule has 6 nitrogen and oxygen atoms in total. The Bertz CT molecular complexity index is 713. The van der Waals surface area contributed by atoms with Crippen molar-refractivity contribution in [2.45, 2.75) is 6.18 Å². The van der Waals surface area contributed by atoms with E-state index in [2.05, 4.69) is 15.5 Å². The van der Waals surface area contributed by atoms with Crippen LogP contribution in [0.15, 0.2) is 42.6 Å². The Morgan fingerprint density at radius 1 is 1.04 bits per heavy atom. The summed E-state index contributed by atoms with van der Waals surface area (Å²) in [5, 5.41) is 10.5. The zero-order valence-electron chi connectivity index (χ0n) is 13.2. The highest BCUT2D eigenvalue weighted by Crippen LogP contribution is 2.29. The fourth-order valence-electron chi connectivity index (χ4n) is 2.55. The predicted molar refractivity (Wildman–Crippen MR) is 86.3 cm³/mol. The van der Waals surface area contributed by atoms with Crippen molar-refractivity contribution in [3.8, 4) is 0 Å². The number of rotatable bonds is 2. The van der Waals surface area contributed by atoms with E-state index in [1.165, 1.54) is 12.1 Å². The molecule has 0 aliphatic carbocycles. The van der Waals surface area contributed by atoms with Gasteiger partial charge in [-0.3, -0.25) is 0 Å². The van der Waals surface area contributed by atoms with E-state index in [-0.39, 0.29) is 6.03 Å². The molecule has 0 radical (unpaired) electrons. The fraction of sp³-hybridized carbons (Fsp3) is 0.312. The monoisotopic (exact) mass is 351 g/mol. The molecular formula is C16H16F3N5O. The Hall–Kier alpha value is -2.84. The number of halogens is 3. The lowest BCUT2D eigenvalue weighted by Crippen LogP contribution is -2.50. The van der Waals surface area contributed by atoms with E-state index < -0.39 is 11.7 Å². The highest BCUT2D eigenvalue weighted by Gasteiger charge is 2.30. The van der Waals surface area contributed by atoms with Crippen molar-refractivity contribution in [1.82, 2.24) is 15.1 Å². The second kappa shape index (κ2) is 6.96. The first kappa shape index (κ1) is 17.0. The van der Waals surface area contributed by atoms with E-state index in [0.29, 0.717) is 31.9 Å². The van der Waals surface area contributed by atoms with E-state index in [1.807, 2.05) is 11.0 Å². The summed E-state index contributed by atoms with van der Waals surface area (Å²) in [6.45, 7) is 2.20. The van der Waals surface area contributed by atoms with Crippen LogP contribution in [0.3, 0.4) is 0 Å². The summed E-state index contributed by atoms with van der Waals surface area (Å²) in [7, 11) is 0. The topological polar surface area (TPSA) is 61.4 Å². The SMILES string of the molecule is O=C(Nc1ccc(C(F)(F)F)cc1)N1CCN(c2cccnn2)CC1. The molecule has 1 fully saturated rings. The molecule has 0 unspecified atom stereocenters. The van der Waals surface area contributed by atoms with Crippen LogP contribution in [0.5, 0.6) is 0 Å². The third-order valence-electron chi connectivity index (χ3n) is 3.91. The van der Waals surface area contributed by atoms with Gasteiger partial charge in [-0.15, -0.1) is 5.10 Å². The van der Waals surface area contributed by atoms with E-state index in [1.54, 1.807) is 17.2 Å². The lowest BCUT2D eigenvalue weighted by atomic mass is 10.2. The average Bonchev–Trinajstić information content (AvgIpc) is 2.62. The van der Waals surface area contributed by atoms with Gasteiger partial charge in [0.15, 0.2) is 5.82 Å². The van der Waals surface area contributed by atoms with Gasteiger partial charge in [-0.05, 0) is 36.4 Å². The third kappa shape index (κ3) is 4.17.